The number of nitrogens with one attached hydrogen (secondary N) is 1. The third-order valence-corrected chi connectivity index (χ3v) is 3.26. The molecule has 0 radical (unpaired) electrons. The van der Waals surface area contributed by atoms with E-state index >= 15 is 0 Å². The molecule has 1 saturated carbocycles. The van der Waals surface area contributed by atoms with Gasteiger partial charge in [-0.25, -0.2) is 0 Å². The first-order valence-electron chi connectivity index (χ1n) is 6.11. The fraction of sp³-hybridized carbons (Fsp3) is 1.00. The molecule has 102 valence electrons. The molecule has 0 saturated heterocycles. The Morgan fingerprint density at radius 1 is 1.24 bits per heavy atom. The Hall–Kier alpha value is -0.290. The summed E-state index contributed by atoms with van der Waals surface area (Å²) in [5.41, 5.74) is -0.0342. The first kappa shape index (κ1) is 14.8. The molecule has 1 fully saturated rings. The van der Waals surface area contributed by atoms with Crippen molar-refractivity contribution in [2.24, 2.45) is 5.41 Å². The maximum atomic E-state index is 12.5. The highest BCUT2D eigenvalue weighted by molar-refractivity contribution is 4.90. The van der Waals surface area contributed by atoms with Gasteiger partial charge in [0.1, 0.15) is 0 Å². The Balaban J connectivity index is 2.59. The third kappa shape index (κ3) is 5.25. The summed E-state index contributed by atoms with van der Waals surface area (Å²) < 4.78 is 37.4. The molecule has 0 spiro atoms. The van der Waals surface area contributed by atoms with Crippen molar-refractivity contribution in [1.29, 1.82) is 0 Å². The van der Waals surface area contributed by atoms with E-state index in [9.17, 15) is 13.2 Å². The second-order valence-corrected chi connectivity index (χ2v) is 5.98. The maximum absolute atomic E-state index is 12.5. The fourth-order valence-electron chi connectivity index (χ4n) is 2.05. The number of likely N-dealkylation sites (N-methyl/N-ethyl adjacent to an activating group) is 1. The van der Waals surface area contributed by atoms with Crippen LogP contribution in [0.2, 0.25) is 0 Å². The van der Waals surface area contributed by atoms with E-state index in [-0.39, 0.29) is 17.5 Å². The van der Waals surface area contributed by atoms with E-state index in [1.165, 1.54) is 0 Å². The van der Waals surface area contributed by atoms with E-state index in [4.69, 9.17) is 0 Å². The van der Waals surface area contributed by atoms with Gasteiger partial charge in [-0.2, -0.15) is 13.2 Å². The summed E-state index contributed by atoms with van der Waals surface area (Å²) in [5, 5.41) is 3.13. The number of hydrogen-bond acceptors (Lipinski definition) is 2. The van der Waals surface area contributed by atoms with Crippen molar-refractivity contribution in [3.8, 4) is 0 Å². The number of nitrogens with zero attached hydrogens (tertiary/aromatic N) is 1. The molecule has 1 atom stereocenters. The summed E-state index contributed by atoms with van der Waals surface area (Å²) in [6, 6.07) is 0.209. The average molecular weight is 252 g/mol. The van der Waals surface area contributed by atoms with E-state index in [1.807, 2.05) is 27.8 Å². The molecule has 5 heteroatoms. The van der Waals surface area contributed by atoms with Crippen LogP contribution < -0.4 is 5.32 Å². The van der Waals surface area contributed by atoms with Crippen LogP contribution >= 0.6 is 0 Å². The van der Waals surface area contributed by atoms with Crippen LogP contribution in [0.1, 0.15) is 33.6 Å². The van der Waals surface area contributed by atoms with Crippen molar-refractivity contribution < 1.29 is 13.2 Å². The quantitative estimate of drug-likeness (QED) is 0.809. The van der Waals surface area contributed by atoms with Gasteiger partial charge >= 0.3 is 6.18 Å². The molecule has 2 nitrogen and oxygen atoms in total. The highest BCUT2D eigenvalue weighted by atomic mass is 19.4. The zero-order valence-corrected chi connectivity index (χ0v) is 11.1. The Labute approximate surface area is 102 Å². The van der Waals surface area contributed by atoms with Gasteiger partial charge in [-0.1, -0.05) is 20.8 Å². The van der Waals surface area contributed by atoms with Crippen LogP contribution in [0.25, 0.3) is 0 Å². The van der Waals surface area contributed by atoms with Gasteiger partial charge in [0.25, 0.3) is 0 Å². The first-order chi connectivity index (χ1) is 7.63. The Morgan fingerprint density at radius 3 is 2.06 bits per heavy atom. The van der Waals surface area contributed by atoms with Gasteiger partial charge in [0, 0.05) is 18.6 Å². The molecule has 0 heterocycles. The van der Waals surface area contributed by atoms with Crippen molar-refractivity contribution in [3.05, 3.63) is 0 Å². The van der Waals surface area contributed by atoms with Crippen molar-refractivity contribution in [1.82, 2.24) is 10.2 Å². The average Bonchev–Trinajstić information content (AvgIpc) is 2.90. The molecule has 1 aliphatic carbocycles. The summed E-state index contributed by atoms with van der Waals surface area (Å²) in [6.45, 7) is 5.82. The van der Waals surface area contributed by atoms with E-state index in [0.29, 0.717) is 6.54 Å². The summed E-state index contributed by atoms with van der Waals surface area (Å²) in [4.78, 5) is 1.58. The van der Waals surface area contributed by atoms with Gasteiger partial charge in [0.2, 0.25) is 0 Å². The minimum absolute atomic E-state index is 0.0342. The van der Waals surface area contributed by atoms with Crippen LogP contribution in [0.5, 0.6) is 0 Å². The summed E-state index contributed by atoms with van der Waals surface area (Å²) in [5.74, 6) is 0. The molecule has 0 aromatic rings. The lowest BCUT2D eigenvalue weighted by atomic mass is 9.86. The van der Waals surface area contributed by atoms with E-state index < -0.39 is 12.7 Å². The van der Waals surface area contributed by atoms with Gasteiger partial charge in [-0.15, -0.1) is 0 Å². The molecule has 1 N–H and O–H groups in total. The third-order valence-electron chi connectivity index (χ3n) is 3.26. The topological polar surface area (TPSA) is 15.3 Å². The van der Waals surface area contributed by atoms with Crippen LogP contribution in [0.15, 0.2) is 0 Å². The second kappa shape index (κ2) is 5.14. The number of alkyl halides is 3. The van der Waals surface area contributed by atoms with Gasteiger partial charge in [-0.3, -0.25) is 4.90 Å². The molecule has 17 heavy (non-hydrogen) atoms. The predicted octanol–water partition coefficient (Wildman–Crippen LogP) is 2.65. The largest absolute Gasteiger partial charge is 0.401 e. The molecule has 0 amide bonds. The number of rotatable bonds is 5. The monoisotopic (exact) mass is 252 g/mol. The fourth-order valence-corrected chi connectivity index (χ4v) is 2.05. The van der Waals surface area contributed by atoms with Gasteiger partial charge in [-0.05, 0) is 25.3 Å². The standard InChI is InChI=1S/C12H23F3N2/c1-11(2,3)10(16-4)7-17(9-5-6-9)8-12(13,14)15/h9-10,16H,5-8H2,1-4H3. The molecular formula is C12H23F3N2. The smallest absolute Gasteiger partial charge is 0.315 e. The van der Waals surface area contributed by atoms with Crippen molar-refractivity contribution in [2.75, 3.05) is 20.1 Å². The highest BCUT2D eigenvalue weighted by Crippen LogP contribution is 2.31. The summed E-state index contributed by atoms with van der Waals surface area (Å²) >= 11 is 0. The SMILES string of the molecule is CNC(CN(CC(F)(F)F)C1CC1)C(C)(C)C. The molecule has 1 rings (SSSR count). The van der Waals surface area contributed by atoms with E-state index in [2.05, 4.69) is 5.32 Å². The molecule has 0 aliphatic heterocycles. The lowest BCUT2D eigenvalue weighted by Gasteiger charge is -2.35. The van der Waals surface area contributed by atoms with E-state index in [1.54, 1.807) is 4.90 Å². The Kier molecular flexibility index (Phi) is 4.47. The molecule has 0 aromatic heterocycles. The lowest BCUT2D eigenvalue weighted by molar-refractivity contribution is -0.148. The molecule has 0 bridgehead atoms. The minimum Gasteiger partial charge on any atom is -0.315 e. The highest BCUT2D eigenvalue weighted by Gasteiger charge is 2.40. The second-order valence-electron chi connectivity index (χ2n) is 5.98. The Bertz CT molecular complexity index is 241. The minimum atomic E-state index is -4.10. The summed E-state index contributed by atoms with van der Waals surface area (Å²) in [6.07, 6.45) is -2.30. The molecule has 1 aliphatic rings. The van der Waals surface area contributed by atoms with Crippen LogP contribution in [0.3, 0.4) is 0 Å². The normalized spacial score (nSPS) is 19.8. The van der Waals surface area contributed by atoms with Crippen LogP contribution in [0.4, 0.5) is 13.2 Å². The molecule has 1 unspecified atom stereocenters. The van der Waals surface area contributed by atoms with Crippen molar-refractivity contribution >= 4 is 0 Å². The lowest BCUT2D eigenvalue weighted by Crippen LogP contribution is -2.50. The van der Waals surface area contributed by atoms with Gasteiger partial charge in [0.05, 0.1) is 6.54 Å². The predicted molar refractivity (Wildman–Crippen MR) is 63.0 cm³/mol. The van der Waals surface area contributed by atoms with Crippen LogP contribution in [-0.4, -0.2) is 43.3 Å². The van der Waals surface area contributed by atoms with Crippen LogP contribution in [0, 0.1) is 5.41 Å². The molecular weight excluding hydrogens is 229 g/mol. The number of hydrogen-bond donors (Lipinski definition) is 1. The van der Waals surface area contributed by atoms with E-state index in [0.717, 1.165) is 12.8 Å². The number of halogens is 3. The zero-order chi connectivity index (χ0) is 13.3. The van der Waals surface area contributed by atoms with Crippen LogP contribution in [-0.2, 0) is 0 Å². The van der Waals surface area contributed by atoms with Gasteiger partial charge < -0.3 is 5.32 Å². The van der Waals surface area contributed by atoms with Gasteiger partial charge in [0.15, 0.2) is 0 Å². The molecule has 0 aromatic carbocycles. The first-order valence-corrected chi connectivity index (χ1v) is 6.11. The van der Waals surface area contributed by atoms with Crippen molar-refractivity contribution in [3.63, 3.8) is 0 Å². The maximum Gasteiger partial charge on any atom is 0.401 e. The summed E-state index contributed by atoms with van der Waals surface area (Å²) in [7, 11) is 1.81. The Morgan fingerprint density at radius 2 is 1.76 bits per heavy atom. The zero-order valence-electron chi connectivity index (χ0n) is 11.1. The van der Waals surface area contributed by atoms with Crippen molar-refractivity contribution in [2.45, 2.75) is 51.9 Å².